The van der Waals surface area contributed by atoms with Gasteiger partial charge in [-0.05, 0) is 0 Å². The van der Waals surface area contributed by atoms with Crippen molar-refractivity contribution in [1.29, 1.82) is 0 Å². The second-order valence-electron chi connectivity index (χ2n) is 4.45. The third-order valence-electron chi connectivity index (χ3n) is 2.76. The molecule has 0 nitrogen and oxygen atoms in total. The van der Waals surface area contributed by atoms with Gasteiger partial charge in [-0.1, -0.05) is 0 Å². The van der Waals surface area contributed by atoms with E-state index < -0.39 is 47.9 Å². The lowest BCUT2D eigenvalue weighted by molar-refractivity contribution is -0.474. The Kier molecular flexibility index (Phi) is 5.35. The normalized spacial score (nSPS) is 18.7. The van der Waals surface area contributed by atoms with Crippen molar-refractivity contribution < 1.29 is 79.0 Å². The van der Waals surface area contributed by atoms with Crippen LogP contribution in [0.1, 0.15) is 0 Å². The number of rotatable bonds is 4. The predicted molar refractivity (Wildman–Crippen MR) is 41.8 cm³/mol. The molecule has 0 spiro atoms. The maximum absolute atomic E-state index is 13.2. The number of hydrogen-bond acceptors (Lipinski definition) is 0. The molecule has 0 saturated heterocycles. The Labute approximate surface area is 128 Å². The van der Waals surface area contributed by atoms with Gasteiger partial charge in [0.15, 0.2) is 0 Å². The third kappa shape index (κ3) is 2.82. The second kappa shape index (κ2) is 5.62. The highest BCUT2D eigenvalue weighted by Crippen LogP contribution is 2.65. The molecule has 0 aliphatic heterocycles. The number of alkyl halides is 18. The highest BCUT2D eigenvalue weighted by molar-refractivity contribution is 5.19. The van der Waals surface area contributed by atoms with Gasteiger partial charge < -0.3 is 0 Å². The van der Waals surface area contributed by atoms with Crippen molar-refractivity contribution in [2.75, 3.05) is 0 Å². The van der Waals surface area contributed by atoms with Gasteiger partial charge in [-0.3, -0.25) is 0 Å². The van der Waals surface area contributed by atoms with Gasteiger partial charge in [0.25, 0.3) is 0 Å². The zero-order chi connectivity index (χ0) is 22.0. The highest BCUT2D eigenvalue weighted by atomic mass is 19.4. The first-order valence-corrected chi connectivity index (χ1v) is 5.15. The standard InChI is InChI=1S/C8F18/c9-1(6(18,19)20,3(12,13)7(21,22)23)2(10,11)4(14,15)5(16,17)8(24,25)26. The molecule has 0 aliphatic carbocycles. The van der Waals surface area contributed by atoms with Crippen LogP contribution in [0.25, 0.3) is 0 Å². The Hall–Kier alpha value is -1.26. The summed E-state index contributed by atoms with van der Waals surface area (Å²) in [6.07, 6.45) is -24.3. The minimum absolute atomic E-state index is 7.89. The van der Waals surface area contributed by atoms with E-state index in [1.54, 1.807) is 0 Å². The number of hydrogen-bond donors (Lipinski definition) is 0. The molecule has 0 aromatic carbocycles. The molecule has 158 valence electrons. The monoisotopic (exact) mass is 438 g/mol. The third-order valence-corrected chi connectivity index (χ3v) is 2.76. The van der Waals surface area contributed by atoms with Gasteiger partial charge >= 0.3 is 47.9 Å². The number of halogens is 18. The van der Waals surface area contributed by atoms with Crippen LogP contribution >= 0.6 is 0 Å². The second-order valence-corrected chi connectivity index (χ2v) is 4.45. The first-order chi connectivity index (χ1) is 10.8. The lowest BCUT2D eigenvalue weighted by atomic mass is 9.82. The molecule has 0 saturated carbocycles. The fraction of sp³-hybridized carbons (Fsp3) is 1.00. The molecule has 0 heterocycles. The van der Waals surface area contributed by atoms with E-state index >= 15 is 0 Å². The predicted octanol–water partition coefficient (Wildman–Crippen LogP) is 5.92. The summed E-state index contributed by atoms with van der Waals surface area (Å²) >= 11 is 0. The van der Waals surface area contributed by atoms with E-state index in [2.05, 4.69) is 0 Å². The lowest BCUT2D eigenvalue weighted by Crippen LogP contribution is -2.78. The summed E-state index contributed by atoms with van der Waals surface area (Å²) in [5.41, 5.74) is -8.90. The molecular formula is C8F18. The summed E-state index contributed by atoms with van der Waals surface area (Å²) in [7, 11) is 0. The first kappa shape index (κ1) is 24.7. The molecule has 0 rings (SSSR count). The summed E-state index contributed by atoms with van der Waals surface area (Å²) in [6, 6.07) is 0. The van der Waals surface area contributed by atoms with Gasteiger partial charge in [-0.2, -0.15) is 74.6 Å². The maximum atomic E-state index is 13.2. The Morgan fingerprint density at radius 2 is 0.500 bits per heavy atom. The van der Waals surface area contributed by atoms with Crippen molar-refractivity contribution in [2.45, 2.75) is 47.9 Å². The quantitative estimate of drug-likeness (QED) is 0.478. The van der Waals surface area contributed by atoms with Gasteiger partial charge in [0.05, 0.1) is 0 Å². The Morgan fingerprint density at radius 1 is 0.231 bits per heavy atom. The zero-order valence-electron chi connectivity index (χ0n) is 10.8. The maximum Gasteiger partial charge on any atom is 0.460 e. The minimum atomic E-state index is -8.95. The van der Waals surface area contributed by atoms with Crippen molar-refractivity contribution in [3.8, 4) is 0 Å². The van der Waals surface area contributed by atoms with Crippen molar-refractivity contribution in [3.63, 3.8) is 0 Å². The van der Waals surface area contributed by atoms with Crippen LogP contribution in [-0.4, -0.2) is 47.9 Å². The average Bonchev–Trinajstić information content (AvgIpc) is 2.32. The van der Waals surface area contributed by atoms with E-state index in [1.807, 2.05) is 0 Å². The molecule has 26 heavy (non-hydrogen) atoms. The van der Waals surface area contributed by atoms with Crippen LogP contribution in [0, 0.1) is 0 Å². The van der Waals surface area contributed by atoms with Crippen LogP contribution < -0.4 is 0 Å². The highest BCUT2D eigenvalue weighted by Gasteiger charge is 2.98. The van der Waals surface area contributed by atoms with E-state index in [4.69, 9.17) is 0 Å². The van der Waals surface area contributed by atoms with Crippen molar-refractivity contribution in [2.24, 2.45) is 0 Å². The SMILES string of the molecule is FC(F)(F)C(F)(F)C(F)(F)C(F)(F)C(F)(C(F)(F)F)C(F)(F)C(F)(F)F. The summed E-state index contributed by atoms with van der Waals surface area (Å²) in [5, 5.41) is 0. The van der Waals surface area contributed by atoms with Crippen molar-refractivity contribution in [3.05, 3.63) is 0 Å². The molecule has 0 aromatic heterocycles. The van der Waals surface area contributed by atoms with Crippen LogP contribution in [0.4, 0.5) is 79.0 Å². The molecule has 0 amide bonds. The van der Waals surface area contributed by atoms with E-state index in [1.165, 1.54) is 0 Å². The van der Waals surface area contributed by atoms with E-state index in [0.29, 0.717) is 0 Å². The fourth-order valence-corrected chi connectivity index (χ4v) is 1.34. The summed E-state index contributed by atoms with van der Waals surface area (Å²) in [4.78, 5) is 0. The van der Waals surface area contributed by atoms with Crippen molar-refractivity contribution >= 4 is 0 Å². The van der Waals surface area contributed by atoms with Crippen LogP contribution in [0.3, 0.4) is 0 Å². The van der Waals surface area contributed by atoms with Crippen molar-refractivity contribution in [1.82, 2.24) is 0 Å². The molecular weight excluding hydrogens is 438 g/mol. The molecule has 0 bridgehead atoms. The zero-order valence-corrected chi connectivity index (χ0v) is 10.8. The molecule has 0 aromatic rings. The topological polar surface area (TPSA) is 0 Å². The molecule has 0 radical (unpaired) electrons. The molecule has 18 heteroatoms. The molecule has 1 unspecified atom stereocenters. The lowest BCUT2D eigenvalue weighted by Gasteiger charge is -2.44. The first-order valence-electron chi connectivity index (χ1n) is 5.15. The minimum Gasteiger partial charge on any atom is -0.219 e. The van der Waals surface area contributed by atoms with Gasteiger partial charge in [-0.15, -0.1) is 0 Å². The van der Waals surface area contributed by atoms with Crippen LogP contribution in [0.15, 0.2) is 0 Å². The van der Waals surface area contributed by atoms with Gasteiger partial charge in [0, 0.05) is 0 Å². The smallest absolute Gasteiger partial charge is 0.219 e. The van der Waals surface area contributed by atoms with Gasteiger partial charge in [0.1, 0.15) is 0 Å². The molecule has 0 fully saturated rings. The molecule has 1 atom stereocenters. The Morgan fingerprint density at radius 3 is 0.692 bits per heavy atom. The molecule has 0 N–H and O–H groups in total. The van der Waals surface area contributed by atoms with E-state index in [-0.39, 0.29) is 0 Å². The average molecular weight is 438 g/mol. The summed E-state index contributed by atoms with van der Waals surface area (Å²) in [6.45, 7) is 0. The largest absolute Gasteiger partial charge is 0.460 e. The summed E-state index contributed by atoms with van der Waals surface area (Å²) < 4.78 is 222. The summed E-state index contributed by atoms with van der Waals surface area (Å²) in [5.74, 6) is -34.6. The Bertz CT molecular complexity index is 515. The van der Waals surface area contributed by atoms with Gasteiger partial charge in [0.2, 0.25) is 0 Å². The van der Waals surface area contributed by atoms with E-state index in [0.717, 1.165) is 0 Å². The van der Waals surface area contributed by atoms with Crippen LogP contribution in [-0.2, 0) is 0 Å². The molecule has 0 aliphatic rings. The van der Waals surface area contributed by atoms with Crippen LogP contribution in [0.2, 0.25) is 0 Å². The Balaban J connectivity index is 7.03. The van der Waals surface area contributed by atoms with E-state index in [9.17, 15) is 79.0 Å². The van der Waals surface area contributed by atoms with Gasteiger partial charge in [-0.25, -0.2) is 4.39 Å². The van der Waals surface area contributed by atoms with Crippen LogP contribution in [0.5, 0.6) is 0 Å². The fourth-order valence-electron chi connectivity index (χ4n) is 1.34.